The van der Waals surface area contributed by atoms with Crippen molar-refractivity contribution in [3.8, 4) is 0 Å². The third kappa shape index (κ3) is 6.64. The fraction of sp³-hybridized carbons (Fsp3) is 0.467. The Hall–Kier alpha value is -1.30. The second kappa shape index (κ2) is 8.98. The number of urea groups is 1. The topological polar surface area (TPSA) is 62.6 Å². The number of likely N-dealkylation sites (N-methyl/N-ethyl adjacent to an activating group) is 1. The number of rotatable bonds is 6. The molecule has 0 radical (unpaired) electrons. The molecule has 0 aliphatic heterocycles. The van der Waals surface area contributed by atoms with Crippen molar-refractivity contribution in [2.45, 2.75) is 32.9 Å². The van der Waals surface area contributed by atoms with Crippen LogP contribution >= 0.6 is 23.2 Å². The molecule has 1 rings (SSSR count). The zero-order valence-corrected chi connectivity index (χ0v) is 14.5. The molecular weight excluding hydrogens is 325 g/mol. The number of amides is 3. The molecule has 0 saturated carbocycles. The van der Waals surface area contributed by atoms with Gasteiger partial charge >= 0.3 is 6.03 Å². The zero-order valence-electron chi connectivity index (χ0n) is 13.0. The van der Waals surface area contributed by atoms with Crippen molar-refractivity contribution in [3.05, 3.63) is 33.8 Å². The quantitative estimate of drug-likeness (QED) is 0.733. The second-order valence-electron chi connectivity index (χ2n) is 5.38. The predicted octanol–water partition coefficient (Wildman–Crippen LogP) is 1.63. The molecule has 1 unspecified atom stereocenters. The van der Waals surface area contributed by atoms with Gasteiger partial charge in [-0.3, -0.25) is 10.1 Å². The van der Waals surface area contributed by atoms with Crippen molar-refractivity contribution in [3.63, 3.8) is 0 Å². The van der Waals surface area contributed by atoms with Crippen molar-refractivity contribution in [1.29, 1.82) is 0 Å². The lowest BCUT2D eigenvalue weighted by Crippen LogP contribution is -3.09. The molecule has 0 bridgehead atoms. The molecule has 1 aromatic carbocycles. The van der Waals surface area contributed by atoms with Crippen LogP contribution in [0, 0.1) is 0 Å². The van der Waals surface area contributed by atoms with E-state index in [-0.39, 0.29) is 18.5 Å². The third-order valence-electron chi connectivity index (χ3n) is 3.21. The van der Waals surface area contributed by atoms with Gasteiger partial charge in [0.2, 0.25) is 0 Å². The maximum Gasteiger partial charge on any atom is 0.321 e. The number of hydrogen-bond acceptors (Lipinski definition) is 2. The number of carbonyl (C=O) groups is 2. The maximum atomic E-state index is 11.8. The molecule has 3 N–H and O–H groups in total. The number of carbonyl (C=O) groups excluding carboxylic acids is 2. The summed E-state index contributed by atoms with van der Waals surface area (Å²) in [7, 11) is 1.86. The first-order chi connectivity index (χ1) is 10.3. The molecule has 0 fully saturated rings. The molecule has 0 spiro atoms. The van der Waals surface area contributed by atoms with Crippen molar-refractivity contribution in [2.75, 3.05) is 13.6 Å². The normalized spacial score (nSPS) is 13.3. The molecule has 2 atom stereocenters. The largest absolute Gasteiger partial charge is 0.335 e. The Morgan fingerprint density at radius 3 is 2.59 bits per heavy atom. The van der Waals surface area contributed by atoms with Gasteiger partial charge in [0.1, 0.15) is 6.54 Å². The summed E-state index contributed by atoms with van der Waals surface area (Å²) in [6.45, 7) is 4.58. The van der Waals surface area contributed by atoms with E-state index in [0.717, 1.165) is 16.9 Å². The first-order valence-corrected chi connectivity index (χ1v) is 7.93. The number of benzene rings is 1. The van der Waals surface area contributed by atoms with E-state index in [1.165, 1.54) is 0 Å². The summed E-state index contributed by atoms with van der Waals surface area (Å²) >= 11 is 12.0. The van der Waals surface area contributed by atoms with Crippen LogP contribution in [0.5, 0.6) is 0 Å². The molecule has 122 valence electrons. The van der Waals surface area contributed by atoms with Crippen LogP contribution in [0.4, 0.5) is 4.79 Å². The van der Waals surface area contributed by atoms with Crippen LogP contribution in [0.25, 0.3) is 0 Å². The SMILES string of the molecule is CC[C@H](C)NC(=O)NC(=O)C[NH+](C)Cc1ccc(Cl)cc1Cl. The first-order valence-electron chi connectivity index (χ1n) is 7.17. The highest BCUT2D eigenvalue weighted by Gasteiger charge is 2.15. The fourth-order valence-electron chi connectivity index (χ4n) is 1.86. The highest BCUT2D eigenvalue weighted by Crippen LogP contribution is 2.19. The van der Waals surface area contributed by atoms with Gasteiger partial charge in [0, 0.05) is 16.6 Å². The number of quaternary nitrogens is 1. The predicted molar refractivity (Wildman–Crippen MR) is 88.3 cm³/mol. The Balaban J connectivity index is 2.45. The van der Waals surface area contributed by atoms with Crippen LogP contribution in [-0.4, -0.2) is 31.6 Å². The molecule has 0 aliphatic carbocycles. The number of nitrogens with one attached hydrogen (secondary N) is 3. The number of hydrogen-bond donors (Lipinski definition) is 3. The van der Waals surface area contributed by atoms with Crippen LogP contribution < -0.4 is 15.5 Å². The molecule has 1 aromatic rings. The van der Waals surface area contributed by atoms with Crippen molar-refractivity contribution in [2.24, 2.45) is 0 Å². The number of imide groups is 1. The van der Waals surface area contributed by atoms with Crippen molar-refractivity contribution >= 4 is 35.1 Å². The van der Waals surface area contributed by atoms with Gasteiger partial charge in [-0.1, -0.05) is 36.2 Å². The average molecular weight is 347 g/mol. The molecule has 22 heavy (non-hydrogen) atoms. The Labute approximate surface area is 141 Å². The molecule has 0 aliphatic rings. The molecule has 0 heterocycles. The standard InChI is InChI=1S/C15H21Cl2N3O2/c1-4-10(2)18-15(22)19-14(21)9-20(3)8-11-5-6-12(16)7-13(11)17/h5-7,10H,4,8-9H2,1-3H3,(H2,18,19,21,22)/p+1/t10-/m0/s1. The summed E-state index contributed by atoms with van der Waals surface area (Å²) < 4.78 is 0. The molecule has 0 aromatic heterocycles. The summed E-state index contributed by atoms with van der Waals surface area (Å²) in [4.78, 5) is 24.3. The second-order valence-corrected chi connectivity index (χ2v) is 6.22. The Kier molecular flexibility index (Phi) is 7.65. The summed E-state index contributed by atoms with van der Waals surface area (Å²) in [6.07, 6.45) is 0.807. The summed E-state index contributed by atoms with van der Waals surface area (Å²) in [5.41, 5.74) is 0.903. The van der Waals surface area contributed by atoms with Crippen LogP contribution in [-0.2, 0) is 11.3 Å². The van der Waals surface area contributed by atoms with Gasteiger partial charge in [-0.15, -0.1) is 0 Å². The lowest BCUT2D eigenvalue weighted by atomic mass is 10.2. The van der Waals surface area contributed by atoms with E-state index in [9.17, 15) is 9.59 Å². The van der Waals surface area contributed by atoms with Gasteiger partial charge in [0.25, 0.3) is 5.91 Å². The van der Waals surface area contributed by atoms with Gasteiger partial charge in [-0.05, 0) is 25.5 Å². The van der Waals surface area contributed by atoms with Crippen LogP contribution in [0.15, 0.2) is 18.2 Å². The van der Waals surface area contributed by atoms with E-state index in [4.69, 9.17) is 23.2 Å². The minimum atomic E-state index is -0.461. The monoisotopic (exact) mass is 346 g/mol. The maximum absolute atomic E-state index is 11.8. The molecule has 7 heteroatoms. The Morgan fingerprint density at radius 1 is 1.32 bits per heavy atom. The van der Waals surface area contributed by atoms with Gasteiger partial charge in [0.05, 0.1) is 12.1 Å². The average Bonchev–Trinajstić information content (AvgIpc) is 2.41. The number of halogens is 2. The van der Waals surface area contributed by atoms with Crippen molar-refractivity contribution < 1.29 is 14.5 Å². The van der Waals surface area contributed by atoms with Crippen molar-refractivity contribution in [1.82, 2.24) is 10.6 Å². The smallest absolute Gasteiger partial charge is 0.321 e. The highest BCUT2D eigenvalue weighted by molar-refractivity contribution is 6.35. The van der Waals surface area contributed by atoms with E-state index >= 15 is 0 Å². The molecule has 3 amide bonds. The van der Waals surface area contributed by atoms with E-state index < -0.39 is 6.03 Å². The zero-order chi connectivity index (χ0) is 16.7. The summed E-state index contributed by atoms with van der Waals surface area (Å²) in [6, 6.07) is 4.84. The van der Waals surface area contributed by atoms with Crippen LogP contribution in [0.2, 0.25) is 10.0 Å². The van der Waals surface area contributed by atoms with Gasteiger partial charge in [-0.2, -0.15) is 0 Å². The van der Waals surface area contributed by atoms with Gasteiger partial charge in [-0.25, -0.2) is 4.79 Å². The lowest BCUT2D eigenvalue weighted by Gasteiger charge is -2.15. The Bertz CT molecular complexity index is 538. The van der Waals surface area contributed by atoms with E-state index in [1.807, 2.05) is 27.0 Å². The summed E-state index contributed by atoms with van der Waals surface area (Å²) in [5.74, 6) is -0.330. The van der Waals surface area contributed by atoms with E-state index in [1.54, 1.807) is 12.1 Å². The molecule has 0 saturated heterocycles. The van der Waals surface area contributed by atoms with Gasteiger partial charge in [0.15, 0.2) is 6.54 Å². The van der Waals surface area contributed by atoms with Gasteiger partial charge < -0.3 is 10.2 Å². The van der Waals surface area contributed by atoms with E-state index in [2.05, 4.69) is 10.6 Å². The first kappa shape index (κ1) is 18.7. The molecular formula is C15H22Cl2N3O2+. The van der Waals surface area contributed by atoms with E-state index in [0.29, 0.717) is 16.6 Å². The Morgan fingerprint density at radius 2 is 2.00 bits per heavy atom. The third-order valence-corrected chi connectivity index (χ3v) is 3.80. The molecule has 5 nitrogen and oxygen atoms in total. The lowest BCUT2D eigenvalue weighted by molar-refractivity contribution is -0.885. The minimum Gasteiger partial charge on any atom is -0.335 e. The highest BCUT2D eigenvalue weighted by atomic mass is 35.5. The fourth-order valence-corrected chi connectivity index (χ4v) is 2.33. The van der Waals surface area contributed by atoms with Crippen LogP contribution in [0.3, 0.4) is 0 Å². The minimum absolute atomic E-state index is 0.0331. The summed E-state index contributed by atoms with van der Waals surface area (Å²) in [5, 5.41) is 6.15. The van der Waals surface area contributed by atoms with Crippen LogP contribution in [0.1, 0.15) is 25.8 Å².